The molecule has 0 aliphatic heterocycles. The molecular weight excluding hydrogens is 260 g/mol. The van der Waals surface area contributed by atoms with Gasteiger partial charge in [0.05, 0.1) is 5.75 Å². The summed E-state index contributed by atoms with van der Waals surface area (Å²) in [5, 5.41) is 8.99. The molecule has 2 amide bonds. The van der Waals surface area contributed by atoms with Gasteiger partial charge in [0.1, 0.15) is 15.4 Å². The first-order valence-corrected chi connectivity index (χ1v) is 7.35. The number of aliphatic carboxylic acids is 1. The average molecular weight is 280 g/mol. The molecule has 0 aromatic rings. The van der Waals surface area contributed by atoms with Gasteiger partial charge in [0.2, 0.25) is 0 Å². The van der Waals surface area contributed by atoms with Gasteiger partial charge in [-0.1, -0.05) is 0 Å². The number of amides is 2. The van der Waals surface area contributed by atoms with Crippen LogP contribution in [0.4, 0.5) is 4.79 Å². The van der Waals surface area contributed by atoms with Gasteiger partial charge in [0, 0.05) is 26.9 Å². The molecule has 0 aliphatic rings. The van der Waals surface area contributed by atoms with Crippen LogP contribution in [0.3, 0.4) is 0 Å². The third kappa shape index (κ3) is 4.52. The van der Waals surface area contributed by atoms with E-state index in [0.717, 1.165) is 11.2 Å². The lowest BCUT2D eigenvalue weighted by atomic mass is 10.0. The maximum absolute atomic E-state index is 11.9. The van der Waals surface area contributed by atoms with Crippen LogP contribution in [0, 0.1) is 0 Å². The molecule has 0 rings (SSSR count). The van der Waals surface area contributed by atoms with E-state index >= 15 is 0 Å². The van der Waals surface area contributed by atoms with Crippen molar-refractivity contribution in [2.24, 2.45) is 0 Å². The molecule has 7 nitrogen and oxygen atoms in total. The maximum Gasteiger partial charge on any atom is 0.329 e. The number of carboxylic acid groups (broad SMARTS) is 1. The Labute approximate surface area is 107 Å². The lowest BCUT2D eigenvalue weighted by Crippen LogP contribution is -2.54. The third-order valence-electron chi connectivity index (χ3n) is 2.77. The van der Waals surface area contributed by atoms with Crippen molar-refractivity contribution in [3.05, 3.63) is 0 Å². The minimum Gasteiger partial charge on any atom is -0.480 e. The van der Waals surface area contributed by atoms with E-state index in [-0.39, 0.29) is 12.3 Å². The van der Waals surface area contributed by atoms with Gasteiger partial charge in [-0.25, -0.2) is 18.0 Å². The van der Waals surface area contributed by atoms with Gasteiger partial charge >= 0.3 is 12.0 Å². The number of carbonyl (C=O) groups excluding carboxylic acids is 1. The summed E-state index contributed by atoms with van der Waals surface area (Å²) >= 11 is 0. The number of urea groups is 1. The van der Waals surface area contributed by atoms with Crippen LogP contribution >= 0.6 is 0 Å². The fraction of sp³-hybridized carbons (Fsp3) is 0.800. The molecule has 0 aromatic carbocycles. The van der Waals surface area contributed by atoms with Crippen molar-refractivity contribution in [1.82, 2.24) is 9.80 Å². The fourth-order valence-electron chi connectivity index (χ4n) is 1.04. The van der Waals surface area contributed by atoms with Crippen LogP contribution in [0.5, 0.6) is 0 Å². The summed E-state index contributed by atoms with van der Waals surface area (Å²) in [4.78, 5) is 25.2. The molecule has 0 spiro atoms. The number of nitrogens with zero attached hydrogens (tertiary/aromatic N) is 2. The largest absolute Gasteiger partial charge is 0.480 e. The monoisotopic (exact) mass is 280 g/mol. The Morgan fingerprint density at radius 2 is 1.67 bits per heavy atom. The summed E-state index contributed by atoms with van der Waals surface area (Å²) < 4.78 is 22.0. The van der Waals surface area contributed by atoms with Crippen LogP contribution in [-0.2, 0) is 14.6 Å². The van der Waals surface area contributed by atoms with Crippen LogP contribution in [0.15, 0.2) is 0 Å². The lowest BCUT2D eigenvalue weighted by Gasteiger charge is -2.34. The Kier molecular flexibility index (Phi) is 5.15. The van der Waals surface area contributed by atoms with E-state index in [2.05, 4.69) is 0 Å². The van der Waals surface area contributed by atoms with Gasteiger partial charge in [0.15, 0.2) is 0 Å². The van der Waals surface area contributed by atoms with E-state index in [0.29, 0.717) is 0 Å². The molecule has 0 unspecified atom stereocenters. The normalized spacial score (nSPS) is 12.1. The predicted octanol–water partition coefficient (Wildman–Crippen LogP) is -0.122. The van der Waals surface area contributed by atoms with Crippen molar-refractivity contribution in [1.29, 1.82) is 0 Å². The van der Waals surface area contributed by atoms with E-state index < -0.39 is 27.4 Å². The zero-order valence-electron chi connectivity index (χ0n) is 11.3. The average Bonchev–Trinajstić information content (AvgIpc) is 2.22. The second-order valence-corrected chi connectivity index (χ2v) is 7.02. The third-order valence-corrected chi connectivity index (χ3v) is 3.70. The fourth-order valence-corrected chi connectivity index (χ4v) is 1.64. The van der Waals surface area contributed by atoms with Crippen LogP contribution in [0.2, 0.25) is 0 Å². The smallest absolute Gasteiger partial charge is 0.329 e. The first kappa shape index (κ1) is 16.7. The Morgan fingerprint density at radius 3 is 2.00 bits per heavy atom. The van der Waals surface area contributed by atoms with E-state index in [1.165, 1.54) is 32.8 Å². The number of carbonyl (C=O) groups is 2. The number of likely N-dealkylation sites (N-methyl/N-ethyl adjacent to an activating group) is 1. The highest BCUT2D eigenvalue weighted by atomic mass is 32.2. The lowest BCUT2D eigenvalue weighted by molar-refractivity contribution is -0.147. The molecule has 8 heteroatoms. The van der Waals surface area contributed by atoms with Gasteiger partial charge in [0.25, 0.3) is 0 Å². The Morgan fingerprint density at radius 1 is 1.22 bits per heavy atom. The topological polar surface area (TPSA) is 95.0 Å². The van der Waals surface area contributed by atoms with Crippen molar-refractivity contribution in [3.8, 4) is 0 Å². The minimum atomic E-state index is -3.16. The summed E-state index contributed by atoms with van der Waals surface area (Å²) in [6, 6.07) is -0.536. The summed E-state index contributed by atoms with van der Waals surface area (Å²) in [6.45, 7) is 2.83. The molecule has 0 bridgehead atoms. The SMILES string of the molecule is CN(CCS(C)(=O)=O)C(=O)N(C)C(C)(C)C(=O)O. The first-order valence-electron chi connectivity index (χ1n) is 5.29. The van der Waals surface area contributed by atoms with E-state index in [9.17, 15) is 18.0 Å². The van der Waals surface area contributed by atoms with Crippen LogP contribution in [-0.4, -0.2) is 73.5 Å². The Bertz CT molecular complexity index is 430. The maximum atomic E-state index is 11.9. The molecule has 0 saturated carbocycles. The number of hydrogen-bond acceptors (Lipinski definition) is 4. The van der Waals surface area contributed by atoms with E-state index in [1.54, 1.807) is 0 Å². The summed E-state index contributed by atoms with van der Waals surface area (Å²) in [7, 11) is -0.358. The summed E-state index contributed by atoms with van der Waals surface area (Å²) in [5.74, 6) is -1.29. The molecule has 18 heavy (non-hydrogen) atoms. The van der Waals surface area contributed by atoms with Crippen molar-refractivity contribution in [3.63, 3.8) is 0 Å². The highest BCUT2D eigenvalue weighted by Gasteiger charge is 2.36. The second-order valence-electron chi connectivity index (χ2n) is 4.76. The minimum absolute atomic E-state index is 0.0255. The first-order chi connectivity index (χ1) is 7.89. The molecule has 0 atom stereocenters. The molecule has 1 N–H and O–H groups in total. The summed E-state index contributed by atoms with van der Waals surface area (Å²) in [5.41, 5.74) is -1.35. The van der Waals surface area contributed by atoms with Crippen molar-refractivity contribution in [2.45, 2.75) is 19.4 Å². The van der Waals surface area contributed by atoms with Gasteiger partial charge < -0.3 is 14.9 Å². The van der Waals surface area contributed by atoms with Crippen LogP contribution in [0.1, 0.15) is 13.8 Å². The number of sulfone groups is 1. The Balaban J connectivity index is 4.70. The predicted molar refractivity (Wildman–Crippen MR) is 67.2 cm³/mol. The standard InChI is InChI=1S/C10H20N2O5S/c1-10(2,8(13)14)12(4)9(15)11(3)6-7-18(5,16)17/h6-7H2,1-5H3,(H,13,14). The molecular formula is C10H20N2O5S. The number of hydrogen-bond donors (Lipinski definition) is 1. The van der Waals surface area contributed by atoms with Gasteiger partial charge in [-0.2, -0.15) is 0 Å². The zero-order valence-corrected chi connectivity index (χ0v) is 12.1. The quantitative estimate of drug-likeness (QED) is 0.757. The van der Waals surface area contributed by atoms with E-state index in [1.807, 2.05) is 0 Å². The zero-order chi connectivity index (χ0) is 14.7. The van der Waals surface area contributed by atoms with Crippen LogP contribution < -0.4 is 0 Å². The molecule has 0 saturated heterocycles. The highest BCUT2D eigenvalue weighted by Crippen LogP contribution is 2.14. The van der Waals surface area contributed by atoms with Crippen molar-refractivity contribution < 1.29 is 23.1 Å². The van der Waals surface area contributed by atoms with Crippen molar-refractivity contribution >= 4 is 21.8 Å². The second kappa shape index (κ2) is 5.55. The number of rotatable bonds is 5. The van der Waals surface area contributed by atoms with Gasteiger partial charge in [-0.3, -0.25) is 0 Å². The molecule has 0 fully saturated rings. The molecule has 0 heterocycles. The van der Waals surface area contributed by atoms with Crippen molar-refractivity contribution in [2.75, 3.05) is 32.6 Å². The molecule has 0 radical (unpaired) electrons. The highest BCUT2D eigenvalue weighted by molar-refractivity contribution is 7.90. The molecule has 106 valence electrons. The molecule has 0 aliphatic carbocycles. The molecule has 0 aromatic heterocycles. The number of carboxylic acids is 1. The van der Waals surface area contributed by atoms with Gasteiger partial charge in [-0.15, -0.1) is 0 Å². The summed E-state index contributed by atoms with van der Waals surface area (Å²) in [6.07, 6.45) is 1.08. The van der Waals surface area contributed by atoms with Crippen LogP contribution in [0.25, 0.3) is 0 Å². The Hall–Kier alpha value is -1.31. The van der Waals surface area contributed by atoms with Gasteiger partial charge in [-0.05, 0) is 13.8 Å². The van der Waals surface area contributed by atoms with E-state index in [4.69, 9.17) is 5.11 Å².